The van der Waals surface area contributed by atoms with Crippen LogP contribution in [0.4, 0.5) is 0 Å². The van der Waals surface area contributed by atoms with Crippen molar-refractivity contribution in [1.82, 2.24) is 5.32 Å². The highest BCUT2D eigenvalue weighted by Crippen LogP contribution is 2.21. The standard InChI is InChI=1S/C78H155NO5/c1-3-5-7-9-11-13-15-17-19-20-21-22-23-31-34-37-40-43-46-50-54-58-62-66-70-76(81)75(74-80)79-77(82)71-67-63-59-55-51-47-44-41-38-35-32-29-27-25-24-26-28-30-33-36-39-42-45-49-53-57-61-65-69-73-84-78(83)72-68-64-60-56-52-48-18-16-14-12-10-8-6-4-2/h75-76,80-81H,3-74H2,1-2H3,(H,79,82). The van der Waals surface area contributed by atoms with Crippen LogP contribution in [-0.2, 0) is 14.3 Å². The van der Waals surface area contributed by atoms with Crippen molar-refractivity contribution in [3.63, 3.8) is 0 Å². The van der Waals surface area contributed by atoms with Crippen LogP contribution in [0, 0.1) is 0 Å². The summed E-state index contributed by atoms with van der Waals surface area (Å²) in [5, 5.41) is 23.5. The van der Waals surface area contributed by atoms with Crippen molar-refractivity contribution >= 4 is 11.9 Å². The van der Waals surface area contributed by atoms with E-state index in [0.717, 1.165) is 38.5 Å². The number of carbonyl (C=O) groups excluding carboxylic acids is 2. The minimum atomic E-state index is -0.662. The van der Waals surface area contributed by atoms with Gasteiger partial charge in [-0.3, -0.25) is 9.59 Å². The van der Waals surface area contributed by atoms with Gasteiger partial charge in [0.05, 0.1) is 25.4 Å². The van der Waals surface area contributed by atoms with Crippen molar-refractivity contribution in [2.45, 2.75) is 475 Å². The second-order valence-corrected chi connectivity index (χ2v) is 27.4. The number of esters is 1. The zero-order valence-corrected chi connectivity index (χ0v) is 57.7. The summed E-state index contributed by atoms with van der Waals surface area (Å²) >= 11 is 0. The van der Waals surface area contributed by atoms with Crippen molar-refractivity contribution in [2.24, 2.45) is 0 Å². The van der Waals surface area contributed by atoms with Crippen LogP contribution < -0.4 is 5.32 Å². The maximum Gasteiger partial charge on any atom is 0.305 e. The quantitative estimate of drug-likeness (QED) is 0.0417. The third-order valence-corrected chi connectivity index (χ3v) is 18.9. The van der Waals surface area contributed by atoms with E-state index in [1.165, 1.54) is 392 Å². The predicted octanol–water partition coefficient (Wildman–Crippen LogP) is 25.7. The number of unbranched alkanes of at least 4 members (excludes halogenated alkanes) is 64. The van der Waals surface area contributed by atoms with E-state index in [0.29, 0.717) is 25.9 Å². The van der Waals surface area contributed by atoms with Gasteiger partial charge in [0.1, 0.15) is 0 Å². The summed E-state index contributed by atoms with van der Waals surface area (Å²) in [6, 6.07) is -0.539. The number of carbonyl (C=O) groups is 2. The van der Waals surface area contributed by atoms with E-state index in [2.05, 4.69) is 19.2 Å². The molecule has 0 aromatic rings. The van der Waals surface area contributed by atoms with Crippen LogP contribution in [-0.4, -0.2) is 47.4 Å². The van der Waals surface area contributed by atoms with Crippen molar-refractivity contribution in [1.29, 1.82) is 0 Å². The molecular formula is C78H155NO5. The lowest BCUT2D eigenvalue weighted by Gasteiger charge is -2.22. The maximum atomic E-state index is 12.6. The molecule has 0 saturated heterocycles. The van der Waals surface area contributed by atoms with Gasteiger partial charge in [0.15, 0.2) is 0 Å². The maximum absolute atomic E-state index is 12.6. The second-order valence-electron chi connectivity index (χ2n) is 27.4. The fourth-order valence-electron chi connectivity index (χ4n) is 12.9. The Morgan fingerprint density at radius 2 is 0.488 bits per heavy atom. The average molecular weight is 1190 g/mol. The molecule has 502 valence electrons. The molecule has 3 N–H and O–H groups in total. The third kappa shape index (κ3) is 70.0. The normalized spacial score (nSPS) is 12.4. The Bertz CT molecular complexity index is 1230. The van der Waals surface area contributed by atoms with Gasteiger partial charge in [0.25, 0.3) is 0 Å². The first-order valence-electron chi connectivity index (χ1n) is 39.3. The minimum Gasteiger partial charge on any atom is -0.466 e. The zero-order valence-electron chi connectivity index (χ0n) is 57.7. The van der Waals surface area contributed by atoms with Gasteiger partial charge in [0.2, 0.25) is 5.91 Å². The Labute approximate surface area is 527 Å². The molecule has 0 bridgehead atoms. The highest BCUT2D eigenvalue weighted by atomic mass is 16.5. The van der Waals surface area contributed by atoms with Crippen LogP contribution in [0.15, 0.2) is 0 Å². The predicted molar refractivity (Wildman–Crippen MR) is 371 cm³/mol. The van der Waals surface area contributed by atoms with Crippen LogP contribution in [0.2, 0.25) is 0 Å². The minimum absolute atomic E-state index is 0.0234. The molecule has 0 saturated carbocycles. The fraction of sp³-hybridized carbons (Fsp3) is 0.974. The number of aliphatic hydroxyl groups is 2. The van der Waals surface area contributed by atoms with E-state index < -0.39 is 12.1 Å². The van der Waals surface area contributed by atoms with Gasteiger partial charge < -0.3 is 20.3 Å². The molecule has 0 rings (SSSR count). The third-order valence-electron chi connectivity index (χ3n) is 18.9. The van der Waals surface area contributed by atoms with Gasteiger partial charge >= 0.3 is 5.97 Å². The number of rotatable bonds is 75. The number of ether oxygens (including phenoxy) is 1. The lowest BCUT2D eigenvalue weighted by Crippen LogP contribution is -2.45. The summed E-state index contributed by atoms with van der Waals surface area (Å²) in [7, 11) is 0. The summed E-state index contributed by atoms with van der Waals surface area (Å²) in [4.78, 5) is 24.7. The van der Waals surface area contributed by atoms with E-state index in [1.54, 1.807) is 0 Å². The smallest absolute Gasteiger partial charge is 0.305 e. The van der Waals surface area contributed by atoms with Gasteiger partial charge in [-0.25, -0.2) is 0 Å². The Kier molecular flexibility index (Phi) is 73.3. The zero-order chi connectivity index (χ0) is 60.6. The van der Waals surface area contributed by atoms with E-state index in [4.69, 9.17) is 4.74 Å². The number of hydrogen-bond acceptors (Lipinski definition) is 5. The van der Waals surface area contributed by atoms with Crippen LogP contribution >= 0.6 is 0 Å². The molecule has 0 aliphatic heterocycles. The molecule has 0 spiro atoms. The number of nitrogens with one attached hydrogen (secondary N) is 1. The number of hydrogen-bond donors (Lipinski definition) is 3. The summed E-state index contributed by atoms with van der Waals surface area (Å²) in [6.45, 7) is 5.02. The Morgan fingerprint density at radius 1 is 0.286 bits per heavy atom. The molecule has 2 atom stereocenters. The molecule has 0 heterocycles. The van der Waals surface area contributed by atoms with E-state index in [1.807, 2.05) is 0 Å². The first kappa shape index (κ1) is 82.9. The molecule has 0 aliphatic rings. The molecule has 2 unspecified atom stereocenters. The Balaban J connectivity index is 3.33. The molecule has 0 radical (unpaired) electrons. The summed E-state index contributed by atoms with van der Waals surface area (Å²) in [5.74, 6) is -0.00149. The van der Waals surface area contributed by atoms with E-state index >= 15 is 0 Å². The van der Waals surface area contributed by atoms with Crippen LogP contribution in [0.25, 0.3) is 0 Å². The van der Waals surface area contributed by atoms with Gasteiger partial charge in [-0.1, -0.05) is 425 Å². The second kappa shape index (κ2) is 74.3. The molecule has 6 heteroatoms. The van der Waals surface area contributed by atoms with Crippen molar-refractivity contribution in [3.05, 3.63) is 0 Å². The molecule has 0 aliphatic carbocycles. The summed E-state index contributed by atoms with van der Waals surface area (Å²) in [6.07, 6.45) is 91.9. The average Bonchev–Trinajstić information content (AvgIpc) is 3.51. The van der Waals surface area contributed by atoms with Crippen molar-refractivity contribution in [3.8, 4) is 0 Å². The lowest BCUT2D eigenvalue weighted by atomic mass is 10.0. The lowest BCUT2D eigenvalue weighted by molar-refractivity contribution is -0.143. The van der Waals surface area contributed by atoms with E-state index in [-0.39, 0.29) is 18.5 Å². The first-order valence-corrected chi connectivity index (χ1v) is 39.3. The number of aliphatic hydroxyl groups excluding tert-OH is 2. The van der Waals surface area contributed by atoms with Gasteiger partial charge in [-0.05, 0) is 25.7 Å². The summed E-state index contributed by atoms with van der Waals surface area (Å²) < 4.78 is 5.50. The van der Waals surface area contributed by atoms with Gasteiger partial charge in [-0.2, -0.15) is 0 Å². The molecule has 1 amide bonds. The van der Waals surface area contributed by atoms with E-state index in [9.17, 15) is 19.8 Å². The molecular weight excluding hydrogens is 1030 g/mol. The van der Waals surface area contributed by atoms with Crippen LogP contribution in [0.3, 0.4) is 0 Å². The largest absolute Gasteiger partial charge is 0.466 e. The summed E-state index contributed by atoms with van der Waals surface area (Å²) in [5.41, 5.74) is 0. The first-order chi connectivity index (χ1) is 41.5. The Hall–Kier alpha value is -1.14. The monoisotopic (exact) mass is 1190 g/mol. The van der Waals surface area contributed by atoms with Crippen molar-refractivity contribution in [2.75, 3.05) is 13.2 Å². The molecule has 0 fully saturated rings. The fourth-order valence-corrected chi connectivity index (χ4v) is 12.9. The van der Waals surface area contributed by atoms with Gasteiger partial charge in [0, 0.05) is 12.8 Å². The molecule has 6 nitrogen and oxygen atoms in total. The van der Waals surface area contributed by atoms with Crippen LogP contribution in [0.1, 0.15) is 463 Å². The van der Waals surface area contributed by atoms with Crippen LogP contribution in [0.5, 0.6) is 0 Å². The molecule has 84 heavy (non-hydrogen) atoms. The van der Waals surface area contributed by atoms with Gasteiger partial charge in [-0.15, -0.1) is 0 Å². The molecule has 0 aromatic heterocycles. The molecule has 0 aromatic carbocycles. The Morgan fingerprint density at radius 3 is 0.726 bits per heavy atom. The topological polar surface area (TPSA) is 95.9 Å². The number of amides is 1. The highest BCUT2D eigenvalue weighted by molar-refractivity contribution is 5.76. The van der Waals surface area contributed by atoms with Crippen molar-refractivity contribution < 1.29 is 24.5 Å². The SMILES string of the molecule is CCCCCCCCCCCCCCCCCCCCCCCCCCC(O)C(CO)NC(=O)CCCCCCCCCCCCCCCCCCCCCCCCCCCCCCCOC(=O)CCCCCCCCCCCCCCCC. The highest BCUT2D eigenvalue weighted by Gasteiger charge is 2.20.